The van der Waals surface area contributed by atoms with Gasteiger partial charge in [-0.3, -0.25) is 4.79 Å². The van der Waals surface area contributed by atoms with Gasteiger partial charge >= 0.3 is 5.97 Å². The van der Waals surface area contributed by atoms with Crippen LogP contribution in [0.4, 0.5) is 5.69 Å². The Labute approximate surface area is 84.2 Å². The van der Waals surface area contributed by atoms with Crippen LogP contribution in [-0.4, -0.2) is 16.1 Å². The molecule has 1 heterocycles. The fourth-order valence-electron chi connectivity index (χ4n) is 1.45. The maximum absolute atomic E-state index is 11.2. The van der Waals surface area contributed by atoms with Crippen molar-refractivity contribution in [3.63, 3.8) is 0 Å². The lowest BCUT2D eigenvalue weighted by Gasteiger charge is -2.02. The normalized spacial score (nSPS) is 10.4. The summed E-state index contributed by atoms with van der Waals surface area (Å²) in [5.41, 5.74) is 5.96. The van der Waals surface area contributed by atoms with Gasteiger partial charge in [0.1, 0.15) is 0 Å². The Hall–Kier alpha value is -2.30. The van der Waals surface area contributed by atoms with Crippen molar-refractivity contribution in [1.82, 2.24) is 4.98 Å². The topological polar surface area (TPSA) is 96.2 Å². The molecule has 0 aliphatic carbocycles. The predicted octanol–water partition coefficient (Wildman–Crippen LogP) is 0.809. The average molecular weight is 204 g/mol. The predicted molar refractivity (Wildman–Crippen MR) is 55.9 cm³/mol. The third-order valence-electron chi connectivity index (χ3n) is 2.10. The van der Waals surface area contributed by atoms with E-state index in [4.69, 9.17) is 10.8 Å². The lowest BCUT2D eigenvalue weighted by atomic mass is 10.1. The standard InChI is InChI=1S/C10H8N2O3/c11-5-1-2-6-7(10(14)15)4-9(13)12-8(6)3-5/h1-4H,11H2,(H,12,13)(H,14,15). The quantitative estimate of drug-likeness (QED) is 0.599. The number of fused-ring (bicyclic) bond motifs is 1. The fraction of sp³-hybridized carbons (Fsp3) is 0. The van der Waals surface area contributed by atoms with Crippen LogP contribution in [0.1, 0.15) is 10.4 Å². The van der Waals surface area contributed by atoms with Crippen molar-refractivity contribution >= 4 is 22.6 Å². The Balaban J connectivity index is 2.92. The van der Waals surface area contributed by atoms with Crippen molar-refractivity contribution in [1.29, 1.82) is 0 Å². The van der Waals surface area contributed by atoms with Gasteiger partial charge in [-0.1, -0.05) is 0 Å². The molecule has 0 aliphatic rings. The van der Waals surface area contributed by atoms with Gasteiger partial charge < -0.3 is 15.8 Å². The van der Waals surface area contributed by atoms with Crippen LogP contribution in [0.15, 0.2) is 29.1 Å². The van der Waals surface area contributed by atoms with E-state index < -0.39 is 11.5 Å². The zero-order valence-corrected chi connectivity index (χ0v) is 7.65. The van der Waals surface area contributed by atoms with Crippen LogP contribution in [0.2, 0.25) is 0 Å². The molecule has 0 saturated carbocycles. The lowest BCUT2D eigenvalue weighted by Crippen LogP contribution is -2.10. The molecule has 0 fully saturated rings. The highest BCUT2D eigenvalue weighted by atomic mass is 16.4. The van der Waals surface area contributed by atoms with Crippen LogP contribution in [0, 0.1) is 0 Å². The zero-order valence-electron chi connectivity index (χ0n) is 7.65. The molecular weight excluding hydrogens is 196 g/mol. The van der Waals surface area contributed by atoms with Gasteiger partial charge in [0.05, 0.1) is 11.1 Å². The molecule has 4 N–H and O–H groups in total. The van der Waals surface area contributed by atoms with Gasteiger partial charge in [-0.05, 0) is 18.2 Å². The summed E-state index contributed by atoms with van der Waals surface area (Å²) in [5, 5.41) is 9.36. The number of anilines is 1. The molecule has 0 amide bonds. The number of nitrogens with one attached hydrogen (secondary N) is 1. The van der Waals surface area contributed by atoms with E-state index in [9.17, 15) is 9.59 Å². The van der Waals surface area contributed by atoms with Crippen LogP contribution in [0.5, 0.6) is 0 Å². The van der Waals surface area contributed by atoms with E-state index in [0.717, 1.165) is 6.07 Å². The summed E-state index contributed by atoms with van der Waals surface area (Å²) in [6.07, 6.45) is 0. The van der Waals surface area contributed by atoms with E-state index in [2.05, 4.69) is 4.98 Å². The number of aromatic carboxylic acids is 1. The molecule has 0 atom stereocenters. The number of pyridine rings is 1. The minimum absolute atomic E-state index is 0.0197. The number of carbonyl (C=O) groups is 1. The first kappa shape index (κ1) is 9.26. The minimum atomic E-state index is -1.13. The molecule has 5 nitrogen and oxygen atoms in total. The molecule has 1 aromatic carbocycles. The summed E-state index contributed by atoms with van der Waals surface area (Å²) < 4.78 is 0. The van der Waals surface area contributed by atoms with Gasteiger partial charge in [-0.25, -0.2) is 4.79 Å². The van der Waals surface area contributed by atoms with Crippen LogP contribution in [0.25, 0.3) is 10.9 Å². The van der Waals surface area contributed by atoms with E-state index in [0.29, 0.717) is 16.6 Å². The van der Waals surface area contributed by atoms with Crippen molar-refractivity contribution in [3.05, 3.63) is 40.2 Å². The van der Waals surface area contributed by atoms with Crippen LogP contribution < -0.4 is 11.3 Å². The van der Waals surface area contributed by atoms with Gasteiger partial charge in [-0.15, -0.1) is 0 Å². The molecule has 76 valence electrons. The molecule has 15 heavy (non-hydrogen) atoms. The van der Waals surface area contributed by atoms with Gasteiger partial charge in [0.2, 0.25) is 5.56 Å². The highest BCUT2D eigenvalue weighted by molar-refractivity contribution is 6.02. The Morgan fingerprint density at radius 2 is 2.07 bits per heavy atom. The van der Waals surface area contributed by atoms with Gasteiger partial charge in [0.15, 0.2) is 0 Å². The maximum atomic E-state index is 11.2. The first-order valence-corrected chi connectivity index (χ1v) is 4.24. The van der Waals surface area contributed by atoms with Crippen molar-refractivity contribution in [2.45, 2.75) is 0 Å². The number of nitrogens with two attached hydrogens (primary N) is 1. The highest BCUT2D eigenvalue weighted by Gasteiger charge is 2.09. The third kappa shape index (κ3) is 1.54. The molecule has 0 spiro atoms. The first-order chi connectivity index (χ1) is 7.08. The summed E-state index contributed by atoms with van der Waals surface area (Å²) in [7, 11) is 0. The Morgan fingerprint density at radius 3 is 2.73 bits per heavy atom. The van der Waals surface area contributed by atoms with Gasteiger partial charge in [0.25, 0.3) is 0 Å². The van der Waals surface area contributed by atoms with E-state index in [1.54, 1.807) is 12.1 Å². The van der Waals surface area contributed by atoms with Gasteiger partial charge in [-0.2, -0.15) is 0 Å². The van der Waals surface area contributed by atoms with Crippen molar-refractivity contribution in [2.75, 3.05) is 5.73 Å². The minimum Gasteiger partial charge on any atom is -0.478 e. The highest BCUT2D eigenvalue weighted by Crippen LogP contribution is 2.17. The molecule has 0 radical (unpaired) electrons. The van der Waals surface area contributed by atoms with Gasteiger partial charge in [0, 0.05) is 17.1 Å². The number of nitrogen functional groups attached to an aromatic ring is 1. The van der Waals surface area contributed by atoms with Crippen molar-refractivity contribution in [3.8, 4) is 0 Å². The molecule has 0 saturated heterocycles. The second-order valence-electron chi connectivity index (χ2n) is 3.16. The first-order valence-electron chi connectivity index (χ1n) is 4.24. The molecule has 2 aromatic rings. The number of carboxylic acid groups (broad SMARTS) is 1. The van der Waals surface area contributed by atoms with E-state index in [-0.39, 0.29) is 5.56 Å². The molecule has 0 aliphatic heterocycles. The molecule has 5 heteroatoms. The Bertz CT molecular complexity index is 601. The number of carboxylic acids is 1. The summed E-state index contributed by atoms with van der Waals surface area (Å²) in [5.74, 6) is -1.13. The number of aromatic nitrogens is 1. The number of benzene rings is 1. The lowest BCUT2D eigenvalue weighted by molar-refractivity contribution is 0.0699. The smallest absolute Gasteiger partial charge is 0.336 e. The number of H-pyrrole nitrogens is 1. The Morgan fingerprint density at radius 1 is 1.33 bits per heavy atom. The number of hydrogen-bond donors (Lipinski definition) is 3. The summed E-state index contributed by atoms with van der Waals surface area (Å²) in [4.78, 5) is 24.6. The number of hydrogen-bond acceptors (Lipinski definition) is 3. The van der Waals surface area contributed by atoms with Crippen molar-refractivity contribution < 1.29 is 9.90 Å². The van der Waals surface area contributed by atoms with Crippen LogP contribution >= 0.6 is 0 Å². The third-order valence-corrected chi connectivity index (χ3v) is 2.10. The zero-order chi connectivity index (χ0) is 11.0. The largest absolute Gasteiger partial charge is 0.478 e. The maximum Gasteiger partial charge on any atom is 0.336 e. The summed E-state index contributed by atoms with van der Waals surface area (Å²) >= 11 is 0. The Kier molecular flexibility index (Phi) is 1.93. The SMILES string of the molecule is Nc1ccc2c(C(=O)O)cc(=O)[nH]c2c1. The van der Waals surface area contributed by atoms with Crippen LogP contribution in [-0.2, 0) is 0 Å². The molecule has 1 aromatic heterocycles. The molecule has 2 rings (SSSR count). The number of rotatable bonds is 1. The molecular formula is C10H8N2O3. The number of aromatic amines is 1. The van der Waals surface area contributed by atoms with E-state index in [1.165, 1.54) is 6.07 Å². The monoisotopic (exact) mass is 204 g/mol. The van der Waals surface area contributed by atoms with E-state index in [1.807, 2.05) is 0 Å². The summed E-state index contributed by atoms with van der Waals surface area (Å²) in [6.45, 7) is 0. The second kappa shape index (κ2) is 3.13. The van der Waals surface area contributed by atoms with Crippen molar-refractivity contribution in [2.24, 2.45) is 0 Å². The van der Waals surface area contributed by atoms with E-state index >= 15 is 0 Å². The molecule has 0 bridgehead atoms. The fourth-order valence-corrected chi connectivity index (χ4v) is 1.45. The average Bonchev–Trinajstić information content (AvgIpc) is 2.15. The molecule has 0 unspecified atom stereocenters. The van der Waals surface area contributed by atoms with Crippen LogP contribution in [0.3, 0.4) is 0 Å². The second-order valence-corrected chi connectivity index (χ2v) is 3.16. The summed E-state index contributed by atoms with van der Waals surface area (Å²) in [6, 6.07) is 5.75.